The molecule has 2 amide bonds. The molecule has 1 aliphatic rings. The summed E-state index contributed by atoms with van der Waals surface area (Å²) in [5, 5.41) is 5.72. The number of hydrogen-bond donors (Lipinski definition) is 2. The minimum atomic E-state index is -0.402. The van der Waals surface area contributed by atoms with Crippen LogP contribution in [-0.4, -0.2) is 36.8 Å². The van der Waals surface area contributed by atoms with Crippen LogP contribution in [0.15, 0.2) is 42.6 Å². The van der Waals surface area contributed by atoms with Crippen molar-refractivity contribution >= 4 is 17.5 Å². The summed E-state index contributed by atoms with van der Waals surface area (Å²) < 4.78 is 18.7. The van der Waals surface area contributed by atoms with Crippen LogP contribution in [-0.2, 0) is 0 Å². The van der Waals surface area contributed by atoms with E-state index in [9.17, 15) is 9.18 Å². The molecule has 0 radical (unpaired) electrons. The van der Waals surface area contributed by atoms with Crippen LogP contribution in [0, 0.1) is 5.82 Å². The molecule has 1 aliphatic heterocycles. The maximum atomic E-state index is 13.3. The van der Waals surface area contributed by atoms with Gasteiger partial charge < -0.3 is 20.3 Å². The molecule has 1 fully saturated rings. The summed E-state index contributed by atoms with van der Waals surface area (Å²) in [4.78, 5) is 18.8. The third-order valence-electron chi connectivity index (χ3n) is 4.30. The van der Waals surface area contributed by atoms with Gasteiger partial charge in [-0.1, -0.05) is 6.07 Å². The first-order valence-electron chi connectivity index (χ1n) is 8.81. The number of nitrogens with zero attached hydrogens (tertiary/aromatic N) is 2. The number of anilines is 2. The number of carbonyl (C=O) groups excluding carboxylic acids is 1. The molecule has 3 rings (SSSR count). The molecule has 26 heavy (non-hydrogen) atoms. The zero-order valence-electron chi connectivity index (χ0n) is 14.7. The lowest BCUT2D eigenvalue weighted by atomic mass is 10.1. The molecular weight excluding hydrogens is 335 g/mol. The Kier molecular flexibility index (Phi) is 5.88. The second kappa shape index (κ2) is 8.51. The third-order valence-corrected chi connectivity index (χ3v) is 4.30. The lowest BCUT2D eigenvalue weighted by Gasteiger charge is -2.33. The Bertz CT molecular complexity index is 734. The molecule has 1 aromatic carbocycles. The predicted molar refractivity (Wildman–Crippen MR) is 99.2 cm³/mol. The summed E-state index contributed by atoms with van der Waals surface area (Å²) in [5.74, 6) is 0.886. The van der Waals surface area contributed by atoms with Crippen molar-refractivity contribution < 1.29 is 13.9 Å². The molecule has 0 aliphatic carbocycles. The minimum Gasteiger partial charge on any atom is -0.492 e. The Morgan fingerprint density at radius 1 is 1.31 bits per heavy atom. The molecule has 0 saturated carbocycles. The number of aromatic nitrogens is 1. The maximum absolute atomic E-state index is 13.3. The quantitative estimate of drug-likeness (QED) is 0.860. The average Bonchev–Trinajstić information content (AvgIpc) is 2.65. The fraction of sp³-hybridized carbons (Fsp3) is 0.368. The fourth-order valence-corrected chi connectivity index (χ4v) is 3.01. The van der Waals surface area contributed by atoms with E-state index in [1.54, 1.807) is 6.20 Å². The third kappa shape index (κ3) is 4.62. The molecule has 1 aromatic heterocycles. The number of pyridine rings is 1. The van der Waals surface area contributed by atoms with Crippen molar-refractivity contribution in [1.82, 2.24) is 10.3 Å². The van der Waals surface area contributed by atoms with Gasteiger partial charge in [0.25, 0.3) is 0 Å². The van der Waals surface area contributed by atoms with Crippen LogP contribution < -0.4 is 20.3 Å². The maximum Gasteiger partial charge on any atom is 0.319 e. The van der Waals surface area contributed by atoms with Crippen LogP contribution in [0.5, 0.6) is 5.75 Å². The van der Waals surface area contributed by atoms with E-state index >= 15 is 0 Å². The standard InChI is InChI=1S/C19H23FN4O2/c1-2-26-17-13-14(20)6-7-16(17)23-19(25)22-15-8-11-24(12-9-15)18-5-3-4-10-21-18/h3-7,10,13,15H,2,8-9,11-12H2,1H3,(H2,22,23,25). The number of urea groups is 1. The van der Waals surface area contributed by atoms with E-state index in [4.69, 9.17) is 4.74 Å². The van der Waals surface area contributed by atoms with Crippen molar-refractivity contribution in [3.63, 3.8) is 0 Å². The summed E-state index contributed by atoms with van der Waals surface area (Å²) in [6.07, 6.45) is 3.46. The smallest absolute Gasteiger partial charge is 0.319 e. The SMILES string of the molecule is CCOc1cc(F)ccc1NC(=O)NC1CCN(c2ccccn2)CC1. The number of piperidine rings is 1. The number of nitrogens with one attached hydrogen (secondary N) is 2. The number of carbonyl (C=O) groups is 1. The van der Waals surface area contributed by atoms with Gasteiger partial charge in [0, 0.05) is 31.4 Å². The molecule has 0 spiro atoms. The van der Waals surface area contributed by atoms with Crippen molar-refractivity contribution in [2.75, 3.05) is 29.9 Å². The van der Waals surface area contributed by atoms with Crippen LogP contribution in [0.25, 0.3) is 0 Å². The molecule has 0 unspecified atom stereocenters. The van der Waals surface area contributed by atoms with Gasteiger partial charge in [0.15, 0.2) is 0 Å². The zero-order chi connectivity index (χ0) is 18.4. The monoisotopic (exact) mass is 358 g/mol. The summed E-state index contributed by atoms with van der Waals surface area (Å²) in [5.41, 5.74) is 0.455. The molecule has 2 heterocycles. The Balaban J connectivity index is 1.52. The number of halogens is 1. The number of hydrogen-bond acceptors (Lipinski definition) is 4. The van der Waals surface area contributed by atoms with Gasteiger partial charge in [-0.25, -0.2) is 14.2 Å². The molecule has 2 aromatic rings. The molecule has 2 N–H and O–H groups in total. The highest BCUT2D eigenvalue weighted by atomic mass is 19.1. The number of rotatable bonds is 5. The van der Waals surface area contributed by atoms with Crippen LogP contribution >= 0.6 is 0 Å². The second-order valence-corrected chi connectivity index (χ2v) is 6.12. The topological polar surface area (TPSA) is 66.5 Å². The van der Waals surface area contributed by atoms with Crippen molar-refractivity contribution in [2.45, 2.75) is 25.8 Å². The van der Waals surface area contributed by atoms with Crippen molar-refractivity contribution in [3.05, 3.63) is 48.4 Å². The normalized spacial score (nSPS) is 14.8. The summed E-state index contributed by atoms with van der Waals surface area (Å²) in [7, 11) is 0. The predicted octanol–water partition coefficient (Wildman–Crippen LogP) is 3.41. The molecule has 1 saturated heterocycles. The highest BCUT2D eigenvalue weighted by Gasteiger charge is 2.21. The molecular formula is C19H23FN4O2. The highest BCUT2D eigenvalue weighted by molar-refractivity contribution is 5.91. The van der Waals surface area contributed by atoms with Gasteiger partial charge in [-0.15, -0.1) is 0 Å². The van der Waals surface area contributed by atoms with Gasteiger partial charge in [0.05, 0.1) is 12.3 Å². The Labute approximate surface area is 152 Å². The first-order chi connectivity index (χ1) is 12.7. The molecule has 0 bridgehead atoms. The van der Waals surface area contributed by atoms with Gasteiger partial charge in [0.1, 0.15) is 17.4 Å². The van der Waals surface area contributed by atoms with E-state index < -0.39 is 5.82 Å². The van der Waals surface area contributed by atoms with Gasteiger partial charge >= 0.3 is 6.03 Å². The van der Waals surface area contributed by atoms with Crippen molar-refractivity contribution in [2.24, 2.45) is 0 Å². The average molecular weight is 358 g/mol. The Morgan fingerprint density at radius 2 is 2.12 bits per heavy atom. The lowest BCUT2D eigenvalue weighted by molar-refractivity contribution is 0.245. The Morgan fingerprint density at radius 3 is 2.81 bits per heavy atom. The largest absolute Gasteiger partial charge is 0.492 e. The van der Waals surface area contributed by atoms with Gasteiger partial charge in [-0.05, 0) is 44.0 Å². The van der Waals surface area contributed by atoms with E-state index in [0.717, 1.165) is 31.7 Å². The van der Waals surface area contributed by atoms with E-state index in [-0.39, 0.29) is 12.1 Å². The molecule has 7 heteroatoms. The van der Waals surface area contributed by atoms with Gasteiger partial charge in [0.2, 0.25) is 0 Å². The van der Waals surface area contributed by atoms with Crippen LogP contribution in [0.4, 0.5) is 20.7 Å². The van der Waals surface area contributed by atoms with Crippen LogP contribution in [0.2, 0.25) is 0 Å². The van der Waals surface area contributed by atoms with E-state index in [0.29, 0.717) is 18.0 Å². The first-order valence-corrected chi connectivity index (χ1v) is 8.81. The van der Waals surface area contributed by atoms with Crippen LogP contribution in [0.1, 0.15) is 19.8 Å². The number of amides is 2. The first kappa shape index (κ1) is 18.0. The van der Waals surface area contributed by atoms with E-state index in [1.165, 1.54) is 18.2 Å². The summed E-state index contributed by atoms with van der Waals surface area (Å²) in [6.45, 7) is 3.88. The summed E-state index contributed by atoms with van der Waals surface area (Å²) in [6, 6.07) is 9.70. The van der Waals surface area contributed by atoms with Crippen LogP contribution in [0.3, 0.4) is 0 Å². The molecule has 6 nitrogen and oxygen atoms in total. The number of ether oxygens (including phenoxy) is 1. The second-order valence-electron chi connectivity index (χ2n) is 6.12. The summed E-state index contributed by atoms with van der Waals surface area (Å²) >= 11 is 0. The van der Waals surface area contributed by atoms with Crippen molar-refractivity contribution in [1.29, 1.82) is 0 Å². The number of benzene rings is 1. The van der Waals surface area contributed by atoms with E-state index in [2.05, 4.69) is 20.5 Å². The van der Waals surface area contributed by atoms with Crippen molar-refractivity contribution in [3.8, 4) is 5.75 Å². The fourth-order valence-electron chi connectivity index (χ4n) is 3.01. The lowest BCUT2D eigenvalue weighted by Crippen LogP contribution is -2.46. The zero-order valence-corrected chi connectivity index (χ0v) is 14.7. The minimum absolute atomic E-state index is 0.0888. The highest BCUT2D eigenvalue weighted by Crippen LogP contribution is 2.25. The Hall–Kier alpha value is -2.83. The van der Waals surface area contributed by atoms with E-state index in [1.807, 2.05) is 25.1 Å². The van der Waals surface area contributed by atoms with Gasteiger partial charge in [-0.3, -0.25) is 0 Å². The van der Waals surface area contributed by atoms with Gasteiger partial charge in [-0.2, -0.15) is 0 Å². The molecule has 0 atom stereocenters. The molecule has 138 valence electrons.